The molecule has 3 rings (SSSR count). The number of ether oxygens (including phenoxy) is 1. The summed E-state index contributed by atoms with van der Waals surface area (Å²) in [4.78, 5) is 33.7. The Balaban J connectivity index is 1.93. The summed E-state index contributed by atoms with van der Waals surface area (Å²) in [5.74, 6) is -1.17. The normalized spacial score (nSPS) is 16.8. The molecule has 2 atom stereocenters. The van der Waals surface area contributed by atoms with E-state index in [0.29, 0.717) is 24.3 Å². The fourth-order valence-corrected chi connectivity index (χ4v) is 3.86. The van der Waals surface area contributed by atoms with Crippen LogP contribution in [0.1, 0.15) is 29.4 Å². The van der Waals surface area contributed by atoms with Gasteiger partial charge in [0, 0.05) is 24.2 Å². The number of amides is 2. The third kappa shape index (κ3) is 4.52. The van der Waals surface area contributed by atoms with E-state index in [1.807, 2.05) is 6.26 Å². The monoisotopic (exact) mass is 424 g/mol. The van der Waals surface area contributed by atoms with Crippen molar-refractivity contribution in [2.24, 2.45) is 0 Å². The van der Waals surface area contributed by atoms with E-state index in [1.54, 1.807) is 0 Å². The first kappa shape index (κ1) is 21.1. The first-order valence-electron chi connectivity index (χ1n) is 9.07. The highest BCUT2D eigenvalue weighted by Crippen LogP contribution is 2.35. The lowest BCUT2D eigenvalue weighted by Gasteiger charge is -2.36. The fraction of sp³-hybridized carbons (Fsp3) is 0.421. The van der Waals surface area contributed by atoms with Crippen LogP contribution in [0.15, 0.2) is 24.5 Å². The van der Waals surface area contributed by atoms with E-state index < -0.39 is 35.7 Å². The van der Waals surface area contributed by atoms with Crippen molar-refractivity contribution in [2.45, 2.75) is 24.9 Å². The van der Waals surface area contributed by atoms with Gasteiger partial charge < -0.3 is 19.9 Å². The standard InChI is InChI=1S/C19H22F2N4O3S/c1-28-18(26)15(6-8-29-2)24-19(27)25-7-5-14-16(23-10-22-14)17(25)12-9-11(20)3-4-13(12)21/h3-4,9-10,15,17H,5-8H2,1-2H3,(H,22,23)(H,24,27)/t15-,17-/m1/s1. The van der Waals surface area contributed by atoms with E-state index in [0.717, 1.165) is 23.9 Å². The Labute approximate surface area is 171 Å². The highest BCUT2D eigenvalue weighted by Gasteiger charge is 2.37. The number of nitrogens with zero attached hydrogens (tertiary/aromatic N) is 2. The summed E-state index contributed by atoms with van der Waals surface area (Å²) in [6.45, 7) is 0.248. The van der Waals surface area contributed by atoms with Crippen LogP contribution < -0.4 is 5.32 Å². The van der Waals surface area contributed by atoms with Gasteiger partial charge in [0.1, 0.15) is 23.7 Å². The predicted molar refractivity (Wildman–Crippen MR) is 105 cm³/mol. The van der Waals surface area contributed by atoms with Gasteiger partial charge in [-0.1, -0.05) is 0 Å². The molecule has 0 bridgehead atoms. The molecule has 0 saturated heterocycles. The number of carbonyl (C=O) groups is 2. The molecule has 2 heterocycles. The number of hydrogen-bond donors (Lipinski definition) is 2. The summed E-state index contributed by atoms with van der Waals surface area (Å²) in [5, 5.41) is 2.67. The van der Waals surface area contributed by atoms with Gasteiger partial charge in [0.2, 0.25) is 0 Å². The zero-order chi connectivity index (χ0) is 21.0. The van der Waals surface area contributed by atoms with Crippen LogP contribution in [-0.4, -0.2) is 58.6 Å². The van der Waals surface area contributed by atoms with Gasteiger partial charge in [0.15, 0.2) is 0 Å². The number of rotatable bonds is 6. The molecule has 2 amide bonds. The molecule has 2 N–H and O–H groups in total. The Kier molecular flexibility index (Phi) is 6.73. The molecule has 1 aromatic heterocycles. The van der Waals surface area contributed by atoms with E-state index in [2.05, 4.69) is 15.3 Å². The van der Waals surface area contributed by atoms with Crippen molar-refractivity contribution in [3.63, 3.8) is 0 Å². The number of benzene rings is 1. The molecule has 0 saturated carbocycles. The summed E-state index contributed by atoms with van der Waals surface area (Å²) in [7, 11) is 1.25. The highest BCUT2D eigenvalue weighted by molar-refractivity contribution is 7.98. The molecule has 0 unspecified atom stereocenters. The summed E-state index contributed by atoms with van der Waals surface area (Å²) in [6.07, 6.45) is 4.22. The molecule has 0 spiro atoms. The van der Waals surface area contributed by atoms with Crippen LogP contribution in [-0.2, 0) is 16.0 Å². The van der Waals surface area contributed by atoms with Crippen molar-refractivity contribution in [3.05, 3.63) is 53.1 Å². The largest absolute Gasteiger partial charge is 0.467 e. The molecule has 1 aliphatic rings. The van der Waals surface area contributed by atoms with E-state index in [-0.39, 0.29) is 12.1 Å². The number of urea groups is 1. The number of hydrogen-bond acceptors (Lipinski definition) is 5. The van der Waals surface area contributed by atoms with Gasteiger partial charge in [-0.15, -0.1) is 0 Å². The minimum Gasteiger partial charge on any atom is -0.467 e. The Hall–Kier alpha value is -2.62. The number of aromatic amines is 1. The zero-order valence-electron chi connectivity index (χ0n) is 16.1. The summed E-state index contributed by atoms with van der Waals surface area (Å²) in [5.41, 5.74) is 1.22. The number of imidazole rings is 1. The van der Waals surface area contributed by atoms with Gasteiger partial charge in [-0.05, 0) is 36.6 Å². The molecule has 1 aromatic carbocycles. The van der Waals surface area contributed by atoms with Crippen LogP contribution >= 0.6 is 11.8 Å². The van der Waals surface area contributed by atoms with Gasteiger partial charge in [0.05, 0.1) is 19.1 Å². The first-order valence-corrected chi connectivity index (χ1v) is 10.5. The van der Waals surface area contributed by atoms with Crippen molar-refractivity contribution in [1.29, 1.82) is 0 Å². The van der Waals surface area contributed by atoms with E-state index in [9.17, 15) is 18.4 Å². The average Bonchev–Trinajstić information content (AvgIpc) is 3.20. The predicted octanol–water partition coefficient (Wildman–Crippen LogP) is 2.64. The summed E-state index contributed by atoms with van der Waals surface area (Å²) < 4.78 is 33.2. The average molecular weight is 424 g/mol. The third-order valence-corrected chi connectivity index (χ3v) is 5.48. The number of nitrogens with one attached hydrogen (secondary N) is 2. The van der Waals surface area contributed by atoms with Crippen LogP contribution in [0.2, 0.25) is 0 Å². The van der Waals surface area contributed by atoms with Crippen LogP contribution in [0.4, 0.5) is 13.6 Å². The Bertz CT molecular complexity index is 892. The number of methoxy groups -OCH3 is 1. The van der Waals surface area contributed by atoms with E-state index in [1.165, 1.54) is 30.1 Å². The van der Waals surface area contributed by atoms with Crippen LogP contribution in [0.5, 0.6) is 0 Å². The highest BCUT2D eigenvalue weighted by atomic mass is 32.2. The third-order valence-electron chi connectivity index (χ3n) is 4.83. The topological polar surface area (TPSA) is 87.3 Å². The van der Waals surface area contributed by atoms with Gasteiger partial charge in [-0.25, -0.2) is 23.4 Å². The van der Waals surface area contributed by atoms with Crippen molar-refractivity contribution < 1.29 is 23.1 Å². The molecule has 0 aliphatic carbocycles. The van der Waals surface area contributed by atoms with Crippen molar-refractivity contribution in [2.75, 3.05) is 25.7 Å². The summed E-state index contributed by atoms with van der Waals surface area (Å²) in [6, 6.07) is 0.794. The lowest BCUT2D eigenvalue weighted by Crippen LogP contribution is -2.51. The molecule has 7 nitrogen and oxygen atoms in total. The van der Waals surface area contributed by atoms with E-state index in [4.69, 9.17) is 4.74 Å². The number of aromatic nitrogens is 2. The molecular weight excluding hydrogens is 402 g/mol. The van der Waals surface area contributed by atoms with Gasteiger partial charge >= 0.3 is 12.0 Å². The number of esters is 1. The number of thioether (sulfide) groups is 1. The number of fused-ring (bicyclic) bond motifs is 1. The maximum Gasteiger partial charge on any atom is 0.328 e. The number of carbonyl (C=O) groups excluding carboxylic acids is 2. The van der Waals surface area contributed by atoms with Crippen molar-refractivity contribution in [1.82, 2.24) is 20.2 Å². The lowest BCUT2D eigenvalue weighted by molar-refractivity contribution is -0.142. The van der Waals surface area contributed by atoms with Crippen LogP contribution in [0, 0.1) is 11.6 Å². The molecule has 0 fully saturated rings. The maximum absolute atomic E-state index is 14.6. The molecular formula is C19H22F2N4O3S. The molecule has 10 heteroatoms. The van der Waals surface area contributed by atoms with Crippen molar-refractivity contribution >= 4 is 23.8 Å². The zero-order valence-corrected chi connectivity index (χ0v) is 16.9. The molecule has 2 aromatic rings. The van der Waals surface area contributed by atoms with Crippen molar-refractivity contribution in [3.8, 4) is 0 Å². The fourth-order valence-electron chi connectivity index (χ4n) is 3.39. The minimum absolute atomic E-state index is 0.00642. The molecule has 1 aliphatic heterocycles. The smallest absolute Gasteiger partial charge is 0.328 e. The lowest BCUT2D eigenvalue weighted by atomic mass is 9.95. The first-order chi connectivity index (χ1) is 14.0. The quantitative estimate of drug-likeness (QED) is 0.697. The number of halogens is 2. The number of H-pyrrole nitrogens is 1. The van der Waals surface area contributed by atoms with Crippen LogP contribution in [0.25, 0.3) is 0 Å². The van der Waals surface area contributed by atoms with E-state index >= 15 is 0 Å². The van der Waals surface area contributed by atoms with Gasteiger partial charge in [0.25, 0.3) is 0 Å². The molecule has 29 heavy (non-hydrogen) atoms. The Morgan fingerprint density at radius 1 is 1.45 bits per heavy atom. The SMILES string of the molecule is COC(=O)[C@@H](CCSC)NC(=O)N1CCc2[nH]cnc2[C@H]1c1cc(F)ccc1F. The Morgan fingerprint density at radius 3 is 2.97 bits per heavy atom. The second-order valence-electron chi connectivity index (χ2n) is 6.58. The second kappa shape index (κ2) is 9.25. The molecule has 0 radical (unpaired) electrons. The summed E-state index contributed by atoms with van der Waals surface area (Å²) >= 11 is 1.54. The van der Waals surface area contributed by atoms with Gasteiger partial charge in [-0.3, -0.25) is 0 Å². The Morgan fingerprint density at radius 2 is 2.24 bits per heavy atom. The molecule has 156 valence electrons. The van der Waals surface area contributed by atoms with Gasteiger partial charge in [-0.2, -0.15) is 11.8 Å². The maximum atomic E-state index is 14.6. The van der Waals surface area contributed by atoms with Crippen LogP contribution in [0.3, 0.4) is 0 Å². The second-order valence-corrected chi connectivity index (χ2v) is 7.57. The minimum atomic E-state index is -0.917.